The fraction of sp³-hybridized carbons (Fsp3) is 1.00. The van der Waals surface area contributed by atoms with Crippen LogP contribution in [0.3, 0.4) is 0 Å². The highest BCUT2D eigenvalue weighted by Crippen LogP contribution is 2.15. The van der Waals surface area contributed by atoms with E-state index in [4.69, 9.17) is 18.3 Å². The average Bonchev–Trinajstić information content (AvgIpc) is 3.16. The summed E-state index contributed by atoms with van der Waals surface area (Å²) in [7, 11) is -1.40. The average molecular weight is 276 g/mol. The molecule has 0 spiro atoms. The molecule has 1 aliphatic rings. The SMILES string of the molecule is CCO[SiH](CCC(C)CCOCC1CO1)OCC. The molecule has 4 nitrogen and oxygen atoms in total. The fourth-order valence-electron chi connectivity index (χ4n) is 1.82. The van der Waals surface area contributed by atoms with Crippen LogP contribution in [-0.4, -0.2) is 48.4 Å². The van der Waals surface area contributed by atoms with Crippen molar-refractivity contribution in [2.24, 2.45) is 5.92 Å². The number of hydrogen-bond acceptors (Lipinski definition) is 4. The van der Waals surface area contributed by atoms with Crippen LogP contribution >= 0.6 is 0 Å². The van der Waals surface area contributed by atoms with Crippen LogP contribution in [0.1, 0.15) is 33.6 Å². The van der Waals surface area contributed by atoms with Crippen LogP contribution in [0, 0.1) is 5.92 Å². The first-order valence-electron chi connectivity index (χ1n) is 7.18. The van der Waals surface area contributed by atoms with Gasteiger partial charge >= 0.3 is 9.28 Å². The Hall–Kier alpha value is 0.0569. The molecule has 2 atom stereocenters. The minimum atomic E-state index is -1.40. The Kier molecular flexibility index (Phi) is 8.88. The summed E-state index contributed by atoms with van der Waals surface area (Å²) in [5, 5.41) is 0. The van der Waals surface area contributed by atoms with Crippen LogP contribution in [0.2, 0.25) is 6.04 Å². The summed E-state index contributed by atoms with van der Waals surface area (Å²) >= 11 is 0. The molecule has 1 heterocycles. The normalized spacial score (nSPS) is 20.3. The topological polar surface area (TPSA) is 40.2 Å². The molecule has 1 aliphatic heterocycles. The number of hydrogen-bond donors (Lipinski definition) is 0. The van der Waals surface area contributed by atoms with Crippen molar-refractivity contribution in [1.29, 1.82) is 0 Å². The van der Waals surface area contributed by atoms with Crippen molar-refractivity contribution in [1.82, 2.24) is 0 Å². The van der Waals surface area contributed by atoms with Crippen molar-refractivity contribution in [3.63, 3.8) is 0 Å². The monoisotopic (exact) mass is 276 g/mol. The van der Waals surface area contributed by atoms with Gasteiger partial charge in [0.15, 0.2) is 0 Å². The van der Waals surface area contributed by atoms with E-state index in [1.165, 1.54) is 6.42 Å². The first-order valence-corrected chi connectivity index (χ1v) is 8.94. The molecule has 0 bridgehead atoms. The Bertz CT molecular complexity index is 193. The lowest BCUT2D eigenvalue weighted by molar-refractivity contribution is 0.105. The Labute approximate surface area is 113 Å². The van der Waals surface area contributed by atoms with Gasteiger partial charge in [0.1, 0.15) is 6.10 Å². The summed E-state index contributed by atoms with van der Waals surface area (Å²) in [6.07, 6.45) is 2.68. The van der Waals surface area contributed by atoms with Gasteiger partial charge in [0.05, 0.1) is 13.2 Å². The lowest BCUT2D eigenvalue weighted by atomic mass is 10.1. The quantitative estimate of drug-likeness (QED) is 0.311. The smallest absolute Gasteiger partial charge is 0.321 e. The molecule has 18 heavy (non-hydrogen) atoms. The van der Waals surface area contributed by atoms with Gasteiger partial charge in [-0.3, -0.25) is 0 Å². The van der Waals surface area contributed by atoms with Crippen molar-refractivity contribution in [2.45, 2.75) is 45.8 Å². The summed E-state index contributed by atoms with van der Waals surface area (Å²) in [5.74, 6) is 0.682. The second kappa shape index (κ2) is 9.92. The first kappa shape index (κ1) is 16.1. The predicted octanol–water partition coefficient (Wildman–Crippen LogP) is 2.11. The molecule has 1 saturated heterocycles. The maximum absolute atomic E-state index is 5.67. The molecule has 0 aromatic rings. The molecule has 0 N–H and O–H groups in total. The molecular formula is C13H28O4Si. The molecular weight excluding hydrogens is 248 g/mol. The molecule has 108 valence electrons. The third-order valence-corrected chi connectivity index (χ3v) is 5.28. The summed E-state index contributed by atoms with van der Waals surface area (Å²) in [6, 6.07) is 1.11. The van der Waals surface area contributed by atoms with Crippen LogP contribution < -0.4 is 0 Å². The minimum absolute atomic E-state index is 0.382. The van der Waals surface area contributed by atoms with Crippen molar-refractivity contribution in [3.8, 4) is 0 Å². The lowest BCUT2D eigenvalue weighted by Crippen LogP contribution is -2.23. The highest BCUT2D eigenvalue weighted by atomic mass is 28.3. The van der Waals surface area contributed by atoms with Gasteiger partial charge in [0, 0.05) is 19.8 Å². The van der Waals surface area contributed by atoms with E-state index >= 15 is 0 Å². The summed E-state index contributed by atoms with van der Waals surface area (Å²) in [4.78, 5) is 0. The van der Waals surface area contributed by atoms with Gasteiger partial charge in [-0.2, -0.15) is 0 Å². The highest BCUT2D eigenvalue weighted by Gasteiger charge is 2.22. The highest BCUT2D eigenvalue weighted by molar-refractivity contribution is 6.44. The zero-order valence-electron chi connectivity index (χ0n) is 12.0. The third-order valence-electron chi connectivity index (χ3n) is 3.06. The molecule has 1 fully saturated rings. The van der Waals surface area contributed by atoms with E-state index in [1.54, 1.807) is 0 Å². The van der Waals surface area contributed by atoms with Crippen molar-refractivity contribution in [2.75, 3.05) is 33.0 Å². The molecule has 0 amide bonds. The van der Waals surface area contributed by atoms with Crippen LogP contribution in [-0.2, 0) is 18.3 Å². The largest absolute Gasteiger partial charge is 0.397 e. The van der Waals surface area contributed by atoms with Gasteiger partial charge in [-0.25, -0.2) is 0 Å². The number of epoxide rings is 1. The zero-order valence-corrected chi connectivity index (χ0v) is 13.2. The Morgan fingerprint density at radius 1 is 1.22 bits per heavy atom. The minimum Gasteiger partial charge on any atom is -0.397 e. The molecule has 1 rings (SSSR count). The van der Waals surface area contributed by atoms with Gasteiger partial charge in [-0.15, -0.1) is 0 Å². The van der Waals surface area contributed by atoms with E-state index in [2.05, 4.69) is 6.92 Å². The molecule has 0 saturated carbocycles. The van der Waals surface area contributed by atoms with Gasteiger partial charge in [-0.1, -0.05) is 6.92 Å². The van der Waals surface area contributed by atoms with Crippen molar-refractivity contribution in [3.05, 3.63) is 0 Å². The van der Waals surface area contributed by atoms with Crippen LogP contribution in [0.5, 0.6) is 0 Å². The van der Waals surface area contributed by atoms with E-state index in [0.29, 0.717) is 12.0 Å². The predicted molar refractivity (Wildman–Crippen MR) is 74.2 cm³/mol. The standard InChI is InChI=1S/C13H28O4Si/c1-4-16-18(17-5-2)9-7-12(3)6-8-14-10-13-11-15-13/h12-13,18H,4-11H2,1-3H3. The lowest BCUT2D eigenvalue weighted by Gasteiger charge is -2.17. The van der Waals surface area contributed by atoms with Crippen LogP contribution in [0.4, 0.5) is 0 Å². The van der Waals surface area contributed by atoms with E-state index in [9.17, 15) is 0 Å². The maximum atomic E-state index is 5.67. The first-order chi connectivity index (χ1) is 8.76. The van der Waals surface area contributed by atoms with Crippen LogP contribution in [0.25, 0.3) is 0 Å². The van der Waals surface area contributed by atoms with Crippen molar-refractivity contribution >= 4 is 9.28 Å². The number of ether oxygens (including phenoxy) is 2. The summed E-state index contributed by atoms with van der Waals surface area (Å²) in [5.41, 5.74) is 0. The molecule has 5 heteroatoms. The molecule has 0 aliphatic carbocycles. The van der Waals surface area contributed by atoms with Gasteiger partial charge < -0.3 is 18.3 Å². The second-order valence-corrected chi connectivity index (χ2v) is 6.94. The van der Waals surface area contributed by atoms with E-state index in [-0.39, 0.29) is 0 Å². The Morgan fingerprint density at radius 2 is 1.89 bits per heavy atom. The van der Waals surface area contributed by atoms with Crippen LogP contribution in [0.15, 0.2) is 0 Å². The summed E-state index contributed by atoms with van der Waals surface area (Å²) < 4.78 is 22.0. The van der Waals surface area contributed by atoms with E-state index in [0.717, 1.165) is 45.5 Å². The second-order valence-electron chi connectivity index (χ2n) is 4.84. The molecule has 0 radical (unpaired) electrons. The zero-order chi connectivity index (χ0) is 13.2. The number of rotatable bonds is 12. The van der Waals surface area contributed by atoms with Gasteiger partial charge in [-0.05, 0) is 38.7 Å². The fourth-order valence-corrected chi connectivity index (χ4v) is 3.83. The maximum Gasteiger partial charge on any atom is 0.321 e. The third kappa shape index (κ3) is 8.21. The molecule has 0 aromatic carbocycles. The Morgan fingerprint density at radius 3 is 2.44 bits per heavy atom. The Balaban J connectivity index is 1.96. The van der Waals surface area contributed by atoms with Gasteiger partial charge in [0.25, 0.3) is 0 Å². The van der Waals surface area contributed by atoms with E-state index in [1.807, 2.05) is 13.8 Å². The van der Waals surface area contributed by atoms with Crippen molar-refractivity contribution < 1.29 is 18.3 Å². The molecule has 0 aromatic heterocycles. The molecule has 2 unspecified atom stereocenters. The van der Waals surface area contributed by atoms with Gasteiger partial charge in [0.2, 0.25) is 0 Å². The van der Waals surface area contributed by atoms with E-state index < -0.39 is 9.28 Å². The summed E-state index contributed by atoms with van der Waals surface area (Å²) in [6.45, 7) is 10.4.